The van der Waals surface area contributed by atoms with E-state index < -0.39 is 0 Å². The number of rotatable bonds is 10. The van der Waals surface area contributed by atoms with Crippen LogP contribution in [0.1, 0.15) is 42.1 Å². The van der Waals surface area contributed by atoms with Crippen molar-refractivity contribution in [1.82, 2.24) is 10.6 Å². The average molecular weight is 503 g/mol. The smallest absolute Gasteiger partial charge is 0.257 e. The van der Waals surface area contributed by atoms with Crippen LogP contribution in [-0.4, -0.2) is 57.9 Å². The highest BCUT2D eigenvalue weighted by Gasteiger charge is 2.18. The van der Waals surface area contributed by atoms with Crippen LogP contribution in [0.2, 0.25) is 5.02 Å². The molecule has 1 heterocycles. The first kappa shape index (κ1) is 26.5. The largest absolute Gasteiger partial charge is 0.489 e. The highest BCUT2D eigenvalue weighted by molar-refractivity contribution is 6.34. The first-order valence-corrected chi connectivity index (χ1v) is 11.7. The van der Waals surface area contributed by atoms with Gasteiger partial charge in [-0.25, -0.2) is 0 Å². The Bertz CT molecular complexity index is 1090. The molecule has 0 spiro atoms. The van der Waals surface area contributed by atoms with Crippen molar-refractivity contribution in [1.29, 1.82) is 0 Å². The highest BCUT2D eigenvalue weighted by atomic mass is 35.5. The molecule has 0 fully saturated rings. The minimum atomic E-state index is -0.350. The fourth-order valence-electron chi connectivity index (χ4n) is 3.47. The summed E-state index contributed by atoms with van der Waals surface area (Å²) in [6.45, 7) is 5.12. The summed E-state index contributed by atoms with van der Waals surface area (Å²) in [5, 5.41) is 9.01. The zero-order chi connectivity index (χ0) is 25.4. The molecule has 188 valence electrons. The number of ether oxygens (including phenoxy) is 3. The maximum Gasteiger partial charge on any atom is 0.257 e. The normalized spacial score (nSPS) is 14.2. The molecule has 1 aliphatic rings. The molecule has 3 N–H and O–H groups in total. The molecule has 10 heteroatoms. The highest BCUT2D eigenvalue weighted by Crippen LogP contribution is 2.36. The standard InChI is InChI=1S/C25H31ClN4O5/c1-15(2)18-12-16(24(32)30-25-27-11-10-22(31)29-25)8-9-19(18)28-20-6-5-7-21(23(20)26)35-14-17(34-4)13-33-3/h5-9,12,15,17,28H,10-11,13-14H2,1-4H3,(H2,27,29,30,31,32). The van der Waals surface area contributed by atoms with Crippen molar-refractivity contribution in [3.63, 3.8) is 0 Å². The topological polar surface area (TPSA) is 110 Å². The summed E-state index contributed by atoms with van der Waals surface area (Å²) in [6.07, 6.45) is 0.0957. The fourth-order valence-corrected chi connectivity index (χ4v) is 3.69. The molecule has 35 heavy (non-hydrogen) atoms. The summed E-state index contributed by atoms with van der Waals surface area (Å²) in [7, 11) is 3.20. The Balaban J connectivity index is 1.77. The molecular formula is C25H31ClN4O5. The molecular weight excluding hydrogens is 472 g/mol. The number of guanidine groups is 1. The van der Waals surface area contributed by atoms with Gasteiger partial charge in [-0.05, 0) is 41.8 Å². The van der Waals surface area contributed by atoms with Crippen LogP contribution >= 0.6 is 11.6 Å². The van der Waals surface area contributed by atoms with Crippen molar-refractivity contribution in [2.75, 3.05) is 39.3 Å². The summed E-state index contributed by atoms with van der Waals surface area (Å²) in [4.78, 5) is 28.4. The van der Waals surface area contributed by atoms with E-state index in [1.165, 1.54) is 0 Å². The SMILES string of the molecule is COCC(COc1cccc(Nc2ccc(C(=O)NC3=NCCC(=O)N3)cc2C(C)C)c1Cl)OC. The predicted molar refractivity (Wildman–Crippen MR) is 136 cm³/mol. The van der Waals surface area contributed by atoms with Crippen LogP contribution in [0, 0.1) is 0 Å². The summed E-state index contributed by atoms with van der Waals surface area (Å²) in [5.41, 5.74) is 2.86. The van der Waals surface area contributed by atoms with E-state index >= 15 is 0 Å². The average Bonchev–Trinajstić information content (AvgIpc) is 2.83. The van der Waals surface area contributed by atoms with Gasteiger partial charge in [0.25, 0.3) is 5.91 Å². The third-order valence-electron chi connectivity index (χ3n) is 5.38. The van der Waals surface area contributed by atoms with Crippen molar-refractivity contribution in [2.45, 2.75) is 32.3 Å². The molecule has 1 atom stereocenters. The molecule has 1 unspecified atom stereocenters. The lowest BCUT2D eigenvalue weighted by molar-refractivity contribution is -0.119. The van der Waals surface area contributed by atoms with Gasteiger partial charge in [-0.3, -0.25) is 25.2 Å². The summed E-state index contributed by atoms with van der Waals surface area (Å²) >= 11 is 6.62. The van der Waals surface area contributed by atoms with Crippen LogP contribution < -0.4 is 20.7 Å². The quantitative estimate of drug-likeness (QED) is 0.455. The molecule has 0 saturated heterocycles. The number of hydrogen-bond acceptors (Lipinski definition) is 7. The number of benzene rings is 2. The zero-order valence-electron chi connectivity index (χ0n) is 20.3. The number of amides is 2. The van der Waals surface area contributed by atoms with Gasteiger partial charge in [0, 0.05) is 31.9 Å². The molecule has 2 amide bonds. The van der Waals surface area contributed by atoms with Crippen LogP contribution in [0.15, 0.2) is 41.4 Å². The Labute approximate surface area is 210 Å². The Morgan fingerprint density at radius 2 is 1.97 bits per heavy atom. The predicted octanol–water partition coefficient (Wildman–Crippen LogP) is 3.85. The number of nitrogens with zero attached hydrogens (tertiary/aromatic N) is 1. The monoisotopic (exact) mass is 502 g/mol. The van der Waals surface area contributed by atoms with Gasteiger partial charge in [-0.15, -0.1) is 0 Å². The lowest BCUT2D eigenvalue weighted by atomic mass is 9.98. The number of hydrogen-bond donors (Lipinski definition) is 3. The van der Waals surface area contributed by atoms with Gasteiger partial charge in [0.2, 0.25) is 11.9 Å². The molecule has 0 bridgehead atoms. The van der Waals surface area contributed by atoms with E-state index in [4.69, 9.17) is 25.8 Å². The molecule has 2 aromatic rings. The van der Waals surface area contributed by atoms with Crippen LogP contribution in [0.4, 0.5) is 11.4 Å². The molecule has 3 rings (SSSR count). The lowest BCUT2D eigenvalue weighted by Crippen LogP contribution is -2.46. The van der Waals surface area contributed by atoms with Crippen molar-refractivity contribution in [3.05, 3.63) is 52.5 Å². The number of carbonyl (C=O) groups excluding carboxylic acids is 2. The Morgan fingerprint density at radius 1 is 1.17 bits per heavy atom. The van der Waals surface area contributed by atoms with Gasteiger partial charge in [-0.2, -0.15) is 0 Å². The van der Waals surface area contributed by atoms with Crippen molar-refractivity contribution < 1.29 is 23.8 Å². The van der Waals surface area contributed by atoms with Crippen molar-refractivity contribution in [2.24, 2.45) is 4.99 Å². The van der Waals surface area contributed by atoms with E-state index in [1.54, 1.807) is 26.4 Å². The second kappa shape index (κ2) is 12.5. The minimum Gasteiger partial charge on any atom is -0.489 e. The van der Waals surface area contributed by atoms with Gasteiger partial charge < -0.3 is 19.5 Å². The summed E-state index contributed by atoms with van der Waals surface area (Å²) < 4.78 is 16.3. The Kier molecular flexibility index (Phi) is 9.47. The number of halogens is 1. The lowest BCUT2D eigenvalue weighted by Gasteiger charge is -2.19. The summed E-state index contributed by atoms with van der Waals surface area (Å²) in [6, 6.07) is 10.8. The number of anilines is 2. The van der Waals surface area contributed by atoms with Gasteiger partial charge in [0.05, 0.1) is 18.8 Å². The number of aliphatic imine (C=N–C) groups is 1. The van der Waals surface area contributed by atoms with E-state index in [0.29, 0.717) is 48.2 Å². The second-order valence-electron chi connectivity index (χ2n) is 8.31. The van der Waals surface area contributed by atoms with Crippen LogP contribution in [-0.2, 0) is 14.3 Å². The van der Waals surface area contributed by atoms with Gasteiger partial charge >= 0.3 is 0 Å². The van der Waals surface area contributed by atoms with Crippen LogP contribution in [0.3, 0.4) is 0 Å². The first-order valence-electron chi connectivity index (χ1n) is 11.3. The molecule has 9 nitrogen and oxygen atoms in total. The summed E-state index contributed by atoms with van der Waals surface area (Å²) in [5.74, 6) is 0.289. The molecule has 2 aromatic carbocycles. The maximum atomic E-state index is 12.7. The zero-order valence-corrected chi connectivity index (χ0v) is 21.1. The van der Waals surface area contributed by atoms with Crippen molar-refractivity contribution >= 4 is 40.7 Å². The second-order valence-corrected chi connectivity index (χ2v) is 8.68. The number of nitrogens with one attached hydrogen (secondary N) is 3. The van der Waals surface area contributed by atoms with E-state index in [-0.39, 0.29) is 29.8 Å². The van der Waals surface area contributed by atoms with E-state index in [2.05, 4.69) is 20.9 Å². The molecule has 0 saturated carbocycles. The Morgan fingerprint density at radius 3 is 2.66 bits per heavy atom. The molecule has 0 radical (unpaired) electrons. The van der Waals surface area contributed by atoms with Gasteiger partial charge in [-0.1, -0.05) is 31.5 Å². The van der Waals surface area contributed by atoms with E-state index in [0.717, 1.165) is 11.3 Å². The fraction of sp³-hybridized carbons (Fsp3) is 0.400. The van der Waals surface area contributed by atoms with Gasteiger partial charge in [0.1, 0.15) is 23.5 Å². The van der Waals surface area contributed by atoms with Gasteiger partial charge in [0.15, 0.2) is 0 Å². The van der Waals surface area contributed by atoms with E-state index in [1.807, 2.05) is 38.1 Å². The van der Waals surface area contributed by atoms with Crippen LogP contribution in [0.25, 0.3) is 0 Å². The maximum absolute atomic E-state index is 12.7. The third kappa shape index (κ3) is 7.17. The minimum absolute atomic E-state index is 0.117. The molecule has 0 aliphatic carbocycles. The van der Waals surface area contributed by atoms with Crippen LogP contribution in [0.5, 0.6) is 5.75 Å². The molecule has 1 aliphatic heterocycles. The third-order valence-corrected chi connectivity index (χ3v) is 5.77. The Hall–Kier alpha value is -3.14. The molecule has 0 aromatic heterocycles. The van der Waals surface area contributed by atoms with Crippen molar-refractivity contribution in [3.8, 4) is 5.75 Å². The number of methoxy groups -OCH3 is 2. The number of carbonyl (C=O) groups is 2. The van der Waals surface area contributed by atoms with E-state index in [9.17, 15) is 9.59 Å². The first-order chi connectivity index (χ1) is 16.8.